The minimum absolute atomic E-state index is 0.406. The molecule has 0 saturated heterocycles. The van der Waals surface area contributed by atoms with E-state index in [4.69, 9.17) is 0 Å². The van der Waals surface area contributed by atoms with Crippen LogP contribution >= 0.6 is 11.8 Å². The van der Waals surface area contributed by atoms with E-state index < -0.39 is 0 Å². The van der Waals surface area contributed by atoms with Gasteiger partial charge in [0.25, 0.3) is 0 Å². The molecule has 2 nitrogen and oxygen atoms in total. The summed E-state index contributed by atoms with van der Waals surface area (Å²) in [6.07, 6.45) is 5.79. The van der Waals surface area contributed by atoms with Gasteiger partial charge in [0, 0.05) is 6.20 Å². The van der Waals surface area contributed by atoms with Gasteiger partial charge in [0.05, 0.1) is 11.1 Å². The number of aromatic nitrogens is 2. The molecule has 1 aromatic rings. The van der Waals surface area contributed by atoms with E-state index in [1.165, 1.54) is 0 Å². The Balaban J connectivity index is 2.79. The molecule has 0 aliphatic heterocycles. The molecule has 1 atom stereocenters. The number of rotatable bonds is 3. The lowest BCUT2D eigenvalue weighted by molar-refractivity contribution is 0.642. The van der Waals surface area contributed by atoms with E-state index in [1.807, 2.05) is 16.9 Å². The Bertz CT molecular complexity index is 242. The smallest absolute Gasteiger partial charge is 0.0940 e. The summed E-state index contributed by atoms with van der Waals surface area (Å²) in [5.74, 6) is 0. The van der Waals surface area contributed by atoms with Gasteiger partial charge in [-0.3, -0.25) is 4.68 Å². The van der Waals surface area contributed by atoms with Gasteiger partial charge in [0.2, 0.25) is 0 Å². The third-order valence-corrected chi connectivity index (χ3v) is 2.45. The van der Waals surface area contributed by atoms with Crippen LogP contribution in [0.2, 0.25) is 0 Å². The van der Waals surface area contributed by atoms with Crippen LogP contribution in [0.5, 0.6) is 0 Å². The molecule has 1 rings (SSSR count). The minimum Gasteiger partial charge on any atom is -0.259 e. The Morgan fingerprint density at radius 2 is 2.55 bits per heavy atom. The molecule has 0 N–H and O–H groups in total. The molecule has 11 heavy (non-hydrogen) atoms. The van der Waals surface area contributed by atoms with E-state index in [-0.39, 0.29) is 0 Å². The van der Waals surface area contributed by atoms with Crippen LogP contribution in [0.25, 0.3) is 6.08 Å². The lowest BCUT2D eigenvalue weighted by Crippen LogP contribution is -2.00. The van der Waals surface area contributed by atoms with Crippen molar-refractivity contribution >= 4 is 17.8 Å². The molecule has 0 aliphatic carbocycles. The maximum atomic E-state index is 4.28. The maximum Gasteiger partial charge on any atom is 0.0940 e. The topological polar surface area (TPSA) is 17.8 Å². The van der Waals surface area contributed by atoms with Crippen LogP contribution in [0.4, 0.5) is 0 Å². The highest BCUT2D eigenvalue weighted by molar-refractivity contribution is 7.98. The van der Waals surface area contributed by atoms with E-state index in [2.05, 4.69) is 24.9 Å². The summed E-state index contributed by atoms with van der Waals surface area (Å²) in [4.78, 5) is 0. The molecule has 0 amide bonds. The number of hydrogen-bond acceptors (Lipinski definition) is 2. The Labute approximate surface area is 71.3 Å². The van der Waals surface area contributed by atoms with Crippen molar-refractivity contribution < 1.29 is 0 Å². The third-order valence-electron chi connectivity index (χ3n) is 1.55. The van der Waals surface area contributed by atoms with Gasteiger partial charge in [-0.1, -0.05) is 6.58 Å². The third kappa shape index (κ3) is 1.87. The standard InChI is InChI=1S/C8H12N2S/c1-4-8-5-6-10(9-8)7(2)11-3/h4-7H,1H2,2-3H3. The first-order valence-electron chi connectivity index (χ1n) is 3.48. The molecule has 3 heteroatoms. The first-order chi connectivity index (χ1) is 5.27. The fourth-order valence-corrected chi connectivity index (χ4v) is 1.11. The normalized spacial score (nSPS) is 12.9. The highest BCUT2D eigenvalue weighted by Gasteiger charge is 2.01. The molecular formula is C8H12N2S. The first kappa shape index (κ1) is 8.40. The van der Waals surface area contributed by atoms with Gasteiger partial charge in [-0.05, 0) is 25.3 Å². The monoisotopic (exact) mass is 168 g/mol. The van der Waals surface area contributed by atoms with Crippen molar-refractivity contribution in [3.63, 3.8) is 0 Å². The fraction of sp³-hybridized carbons (Fsp3) is 0.375. The quantitative estimate of drug-likeness (QED) is 0.689. The van der Waals surface area contributed by atoms with E-state index >= 15 is 0 Å². The summed E-state index contributed by atoms with van der Waals surface area (Å²) in [7, 11) is 0. The zero-order valence-electron chi connectivity index (χ0n) is 6.82. The van der Waals surface area contributed by atoms with Crippen LogP contribution in [0.15, 0.2) is 18.8 Å². The van der Waals surface area contributed by atoms with Crippen LogP contribution in [-0.4, -0.2) is 16.0 Å². The summed E-state index contributed by atoms with van der Waals surface area (Å²) in [5, 5.41) is 4.68. The number of hydrogen-bond donors (Lipinski definition) is 0. The van der Waals surface area contributed by atoms with Gasteiger partial charge >= 0.3 is 0 Å². The molecule has 0 radical (unpaired) electrons. The Morgan fingerprint density at radius 3 is 3.00 bits per heavy atom. The van der Waals surface area contributed by atoms with E-state index in [1.54, 1.807) is 17.8 Å². The van der Waals surface area contributed by atoms with E-state index in [0.29, 0.717) is 5.37 Å². The van der Waals surface area contributed by atoms with Crippen LogP contribution in [-0.2, 0) is 0 Å². The Morgan fingerprint density at radius 1 is 1.82 bits per heavy atom. The van der Waals surface area contributed by atoms with Crippen molar-refractivity contribution in [2.24, 2.45) is 0 Å². The molecule has 0 aromatic carbocycles. The Kier molecular flexibility index (Phi) is 2.76. The molecule has 0 fully saturated rings. The average molecular weight is 168 g/mol. The second-order valence-corrected chi connectivity index (χ2v) is 3.41. The van der Waals surface area contributed by atoms with Gasteiger partial charge in [-0.25, -0.2) is 0 Å². The second-order valence-electron chi connectivity index (χ2n) is 2.26. The molecule has 1 aromatic heterocycles. The molecule has 0 spiro atoms. The highest BCUT2D eigenvalue weighted by Crippen LogP contribution is 2.17. The van der Waals surface area contributed by atoms with Crippen molar-refractivity contribution in [2.45, 2.75) is 12.3 Å². The molecule has 60 valence electrons. The second kappa shape index (κ2) is 3.62. The number of nitrogens with zero attached hydrogens (tertiary/aromatic N) is 2. The highest BCUT2D eigenvalue weighted by atomic mass is 32.2. The first-order valence-corrected chi connectivity index (χ1v) is 4.77. The summed E-state index contributed by atoms with van der Waals surface area (Å²) >= 11 is 1.77. The lowest BCUT2D eigenvalue weighted by atomic mass is 10.4. The fourth-order valence-electron chi connectivity index (χ4n) is 0.772. The van der Waals surface area contributed by atoms with Gasteiger partial charge in [-0.15, -0.1) is 11.8 Å². The summed E-state index contributed by atoms with van der Waals surface area (Å²) in [6, 6.07) is 1.96. The molecule has 0 aliphatic rings. The SMILES string of the molecule is C=Cc1ccn(C(C)SC)n1. The van der Waals surface area contributed by atoms with Crippen molar-refractivity contribution in [1.82, 2.24) is 9.78 Å². The average Bonchev–Trinajstić information content (AvgIpc) is 2.50. The van der Waals surface area contributed by atoms with Crippen LogP contribution < -0.4 is 0 Å². The largest absolute Gasteiger partial charge is 0.259 e. The van der Waals surface area contributed by atoms with Crippen LogP contribution in [0.3, 0.4) is 0 Å². The van der Waals surface area contributed by atoms with E-state index in [9.17, 15) is 0 Å². The summed E-state index contributed by atoms with van der Waals surface area (Å²) in [5.41, 5.74) is 0.936. The van der Waals surface area contributed by atoms with Gasteiger partial charge in [0.1, 0.15) is 0 Å². The zero-order valence-corrected chi connectivity index (χ0v) is 7.64. The van der Waals surface area contributed by atoms with Crippen molar-refractivity contribution in [1.29, 1.82) is 0 Å². The molecular weight excluding hydrogens is 156 g/mol. The summed E-state index contributed by atoms with van der Waals surface area (Å²) < 4.78 is 1.93. The maximum absolute atomic E-state index is 4.28. The lowest BCUT2D eigenvalue weighted by Gasteiger charge is -2.06. The number of thioether (sulfide) groups is 1. The minimum atomic E-state index is 0.406. The Hall–Kier alpha value is -0.700. The van der Waals surface area contributed by atoms with Gasteiger partial charge < -0.3 is 0 Å². The van der Waals surface area contributed by atoms with Crippen LogP contribution in [0, 0.1) is 0 Å². The molecule has 1 heterocycles. The van der Waals surface area contributed by atoms with Gasteiger partial charge in [0.15, 0.2) is 0 Å². The van der Waals surface area contributed by atoms with E-state index in [0.717, 1.165) is 5.69 Å². The van der Waals surface area contributed by atoms with Crippen molar-refractivity contribution in [2.75, 3.05) is 6.26 Å². The van der Waals surface area contributed by atoms with Crippen LogP contribution in [0.1, 0.15) is 18.0 Å². The molecule has 0 saturated carbocycles. The van der Waals surface area contributed by atoms with Crippen molar-refractivity contribution in [3.05, 3.63) is 24.5 Å². The van der Waals surface area contributed by atoms with Gasteiger partial charge in [-0.2, -0.15) is 5.10 Å². The molecule has 0 bridgehead atoms. The zero-order chi connectivity index (χ0) is 8.27. The molecule has 1 unspecified atom stereocenters. The predicted octanol–water partition coefficient (Wildman–Crippen LogP) is 2.41. The summed E-state index contributed by atoms with van der Waals surface area (Å²) in [6.45, 7) is 5.76. The predicted molar refractivity (Wildman–Crippen MR) is 50.5 cm³/mol. The van der Waals surface area contributed by atoms with Crippen molar-refractivity contribution in [3.8, 4) is 0 Å².